The van der Waals surface area contributed by atoms with Crippen molar-refractivity contribution in [3.8, 4) is 0 Å². The lowest BCUT2D eigenvalue weighted by Gasteiger charge is -2.37. The van der Waals surface area contributed by atoms with E-state index < -0.39 is 0 Å². The first kappa shape index (κ1) is 13.6. The second kappa shape index (κ2) is 5.95. The van der Waals surface area contributed by atoms with Gasteiger partial charge in [0.25, 0.3) is 0 Å². The molecule has 1 aliphatic rings. The quantitative estimate of drug-likeness (QED) is 0.810. The average molecular weight is 281 g/mol. The number of aryl methyl sites for hydroxylation is 1. The second-order valence-electron chi connectivity index (χ2n) is 5.34. The van der Waals surface area contributed by atoms with Crippen LogP contribution in [0.5, 0.6) is 0 Å². The molecule has 0 spiro atoms. The molecule has 0 saturated carbocycles. The molecule has 0 unspecified atom stereocenters. The zero-order valence-electron chi connectivity index (χ0n) is 12.2. The monoisotopic (exact) mass is 281 g/mol. The van der Waals surface area contributed by atoms with Crippen molar-refractivity contribution in [3.63, 3.8) is 0 Å². The van der Waals surface area contributed by atoms with Gasteiger partial charge < -0.3 is 9.80 Å². The number of rotatable bonds is 3. The molecule has 3 rings (SSSR count). The van der Waals surface area contributed by atoms with Crippen molar-refractivity contribution in [2.75, 3.05) is 36.0 Å². The lowest BCUT2D eigenvalue weighted by molar-refractivity contribution is 0.112. The molecule has 4 heteroatoms. The molecular weight excluding hydrogens is 262 g/mol. The summed E-state index contributed by atoms with van der Waals surface area (Å²) in [6.45, 7) is 5.88. The van der Waals surface area contributed by atoms with E-state index in [1.54, 1.807) is 6.20 Å². The van der Waals surface area contributed by atoms with Crippen LogP contribution < -0.4 is 9.80 Å². The van der Waals surface area contributed by atoms with E-state index in [2.05, 4.69) is 39.0 Å². The second-order valence-corrected chi connectivity index (χ2v) is 5.34. The Labute approximate surface area is 125 Å². The number of hydrogen-bond acceptors (Lipinski definition) is 4. The molecule has 0 atom stereocenters. The molecule has 0 N–H and O–H groups in total. The Balaban J connectivity index is 1.70. The third-order valence-electron chi connectivity index (χ3n) is 3.91. The van der Waals surface area contributed by atoms with Crippen LogP contribution in [0.25, 0.3) is 0 Å². The van der Waals surface area contributed by atoms with Crippen molar-refractivity contribution in [1.82, 2.24) is 4.98 Å². The molecule has 0 aliphatic carbocycles. The number of para-hydroxylation sites is 1. The van der Waals surface area contributed by atoms with E-state index in [9.17, 15) is 4.79 Å². The fraction of sp³-hybridized carbons (Fsp3) is 0.294. The molecule has 1 aromatic heterocycles. The summed E-state index contributed by atoms with van der Waals surface area (Å²) in [5.74, 6) is 0.994. The Morgan fingerprint density at radius 3 is 2.33 bits per heavy atom. The van der Waals surface area contributed by atoms with Gasteiger partial charge in [0, 0.05) is 43.6 Å². The third kappa shape index (κ3) is 2.89. The number of benzene rings is 1. The van der Waals surface area contributed by atoms with Crippen LogP contribution in [-0.4, -0.2) is 37.4 Å². The highest BCUT2D eigenvalue weighted by atomic mass is 16.1. The summed E-state index contributed by atoms with van der Waals surface area (Å²) >= 11 is 0. The first-order valence-electron chi connectivity index (χ1n) is 7.25. The first-order valence-corrected chi connectivity index (χ1v) is 7.25. The number of aldehydes is 1. The molecule has 2 heterocycles. The van der Waals surface area contributed by atoms with Gasteiger partial charge >= 0.3 is 0 Å². The van der Waals surface area contributed by atoms with Gasteiger partial charge in [0.2, 0.25) is 0 Å². The smallest absolute Gasteiger partial charge is 0.151 e. The summed E-state index contributed by atoms with van der Waals surface area (Å²) in [5, 5.41) is 0. The third-order valence-corrected chi connectivity index (χ3v) is 3.91. The summed E-state index contributed by atoms with van der Waals surface area (Å²) in [4.78, 5) is 19.9. The number of nitrogens with zero attached hydrogens (tertiary/aromatic N) is 3. The van der Waals surface area contributed by atoms with Crippen LogP contribution in [0.4, 0.5) is 11.5 Å². The molecular formula is C17H19N3O. The Bertz CT molecular complexity index is 619. The van der Waals surface area contributed by atoms with Crippen LogP contribution in [0, 0.1) is 6.92 Å². The highest BCUT2D eigenvalue weighted by Crippen LogP contribution is 2.21. The molecule has 0 radical (unpaired) electrons. The maximum absolute atomic E-state index is 10.8. The largest absolute Gasteiger partial charge is 0.368 e. The SMILES string of the molecule is Cc1cc(C=O)cnc1N1CCN(c2ccccc2)CC1. The van der Waals surface area contributed by atoms with Gasteiger partial charge in [-0.2, -0.15) is 0 Å². The van der Waals surface area contributed by atoms with Gasteiger partial charge in [0.15, 0.2) is 6.29 Å². The maximum Gasteiger partial charge on any atom is 0.151 e. The highest BCUT2D eigenvalue weighted by Gasteiger charge is 2.19. The van der Waals surface area contributed by atoms with Crippen molar-refractivity contribution in [2.45, 2.75) is 6.92 Å². The maximum atomic E-state index is 10.8. The molecule has 0 amide bonds. The molecule has 1 fully saturated rings. The van der Waals surface area contributed by atoms with Crippen LogP contribution in [0.15, 0.2) is 42.6 Å². The number of anilines is 2. The number of hydrogen-bond donors (Lipinski definition) is 0. The van der Waals surface area contributed by atoms with Gasteiger partial charge in [0.05, 0.1) is 0 Å². The molecule has 0 bridgehead atoms. The van der Waals surface area contributed by atoms with Gasteiger partial charge in [0.1, 0.15) is 5.82 Å². The predicted molar refractivity (Wildman–Crippen MR) is 85.2 cm³/mol. The van der Waals surface area contributed by atoms with Crippen molar-refractivity contribution < 1.29 is 4.79 Å². The average Bonchev–Trinajstić information content (AvgIpc) is 2.56. The van der Waals surface area contributed by atoms with Crippen LogP contribution in [0.1, 0.15) is 15.9 Å². The first-order chi connectivity index (χ1) is 10.3. The fourth-order valence-corrected chi connectivity index (χ4v) is 2.80. The minimum Gasteiger partial charge on any atom is -0.368 e. The van der Waals surface area contributed by atoms with E-state index in [0.29, 0.717) is 5.56 Å². The number of piperazine rings is 1. The lowest BCUT2D eigenvalue weighted by atomic mass is 10.2. The van der Waals surface area contributed by atoms with Crippen molar-refractivity contribution in [3.05, 3.63) is 53.7 Å². The van der Waals surface area contributed by atoms with Crippen molar-refractivity contribution >= 4 is 17.8 Å². The van der Waals surface area contributed by atoms with E-state index in [4.69, 9.17) is 0 Å². The Morgan fingerprint density at radius 1 is 1.05 bits per heavy atom. The molecule has 1 aliphatic heterocycles. The van der Waals surface area contributed by atoms with Crippen LogP contribution in [0.3, 0.4) is 0 Å². The van der Waals surface area contributed by atoms with Crippen LogP contribution >= 0.6 is 0 Å². The van der Waals surface area contributed by atoms with Gasteiger partial charge in [-0.15, -0.1) is 0 Å². The Kier molecular flexibility index (Phi) is 3.86. The van der Waals surface area contributed by atoms with Crippen LogP contribution in [-0.2, 0) is 0 Å². The predicted octanol–water partition coefficient (Wildman–Crippen LogP) is 2.53. The number of pyridine rings is 1. The fourth-order valence-electron chi connectivity index (χ4n) is 2.80. The summed E-state index contributed by atoms with van der Waals surface area (Å²) in [7, 11) is 0. The van der Waals surface area contributed by atoms with E-state index in [-0.39, 0.29) is 0 Å². The number of carbonyl (C=O) groups excluding carboxylic acids is 1. The van der Waals surface area contributed by atoms with E-state index in [0.717, 1.165) is 43.8 Å². The lowest BCUT2D eigenvalue weighted by Crippen LogP contribution is -2.47. The summed E-state index contributed by atoms with van der Waals surface area (Å²) in [5.41, 5.74) is 2.98. The van der Waals surface area contributed by atoms with Gasteiger partial charge in [-0.1, -0.05) is 18.2 Å². The topological polar surface area (TPSA) is 36.4 Å². The molecule has 2 aromatic rings. The number of aromatic nitrogens is 1. The zero-order valence-corrected chi connectivity index (χ0v) is 12.2. The van der Waals surface area contributed by atoms with E-state index in [1.807, 2.05) is 19.1 Å². The summed E-state index contributed by atoms with van der Waals surface area (Å²) in [6.07, 6.45) is 2.50. The van der Waals surface area contributed by atoms with Crippen molar-refractivity contribution in [2.24, 2.45) is 0 Å². The standard InChI is InChI=1S/C17H19N3O/c1-14-11-15(13-21)12-18-17(14)20-9-7-19(8-10-20)16-5-3-2-4-6-16/h2-6,11-13H,7-10H2,1H3. The van der Waals surface area contributed by atoms with E-state index in [1.165, 1.54) is 5.69 Å². The normalized spacial score (nSPS) is 15.1. The van der Waals surface area contributed by atoms with E-state index >= 15 is 0 Å². The number of carbonyl (C=O) groups is 1. The van der Waals surface area contributed by atoms with Gasteiger partial charge in [-0.05, 0) is 30.7 Å². The minimum absolute atomic E-state index is 0.638. The van der Waals surface area contributed by atoms with Crippen molar-refractivity contribution in [1.29, 1.82) is 0 Å². The molecule has 21 heavy (non-hydrogen) atoms. The summed E-state index contributed by atoms with van der Waals surface area (Å²) in [6, 6.07) is 12.4. The highest BCUT2D eigenvalue weighted by molar-refractivity contribution is 5.75. The Hall–Kier alpha value is -2.36. The zero-order chi connectivity index (χ0) is 14.7. The van der Waals surface area contributed by atoms with Crippen LogP contribution in [0.2, 0.25) is 0 Å². The molecule has 4 nitrogen and oxygen atoms in total. The molecule has 108 valence electrons. The molecule has 1 saturated heterocycles. The Morgan fingerprint density at radius 2 is 1.71 bits per heavy atom. The summed E-state index contributed by atoms with van der Waals surface area (Å²) < 4.78 is 0. The van der Waals surface area contributed by atoms with Gasteiger partial charge in [-0.25, -0.2) is 4.98 Å². The minimum atomic E-state index is 0.638. The van der Waals surface area contributed by atoms with Gasteiger partial charge in [-0.3, -0.25) is 4.79 Å². The molecule has 1 aromatic carbocycles.